The van der Waals surface area contributed by atoms with E-state index in [-0.39, 0.29) is 23.7 Å². The van der Waals surface area contributed by atoms with Gasteiger partial charge in [0.2, 0.25) is 5.91 Å². The molecule has 1 heterocycles. The van der Waals surface area contributed by atoms with E-state index >= 15 is 0 Å². The molecule has 0 unspecified atom stereocenters. The van der Waals surface area contributed by atoms with Gasteiger partial charge >= 0.3 is 0 Å². The predicted molar refractivity (Wildman–Crippen MR) is 109 cm³/mol. The van der Waals surface area contributed by atoms with Crippen LogP contribution in [0.1, 0.15) is 12.5 Å². The van der Waals surface area contributed by atoms with Crippen molar-refractivity contribution in [1.29, 1.82) is 0 Å². The molecule has 3 aromatic rings. The SMILES string of the molecule is COc1ccc(Cn2cc(NC(C)=O)ccc2=O)cc1-c1cccc([N+](=O)[O-])c1. The van der Waals surface area contributed by atoms with Crippen LogP contribution in [0.15, 0.2) is 65.6 Å². The summed E-state index contributed by atoms with van der Waals surface area (Å²) in [5.74, 6) is 0.334. The Morgan fingerprint density at radius 3 is 2.66 bits per heavy atom. The Hall–Kier alpha value is -3.94. The zero-order chi connectivity index (χ0) is 21.0. The highest BCUT2D eigenvalue weighted by molar-refractivity contribution is 5.88. The number of nitro benzene ring substituents is 1. The number of methoxy groups -OCH3 is 1. The molecule has 0 fully saturated rings. The molecule has 8 heteroatoms. The first-order valence-corrected chi connectivity index (χ1v) is 8.77. The number of nitrogens with zero attached hydrogens (tertiary/aromatic N) is 2. The van der Waals surface area contributed by atoms with Crippen molar-refractivity contribution in [3.8, 4) is 16.9 Å². The van der Waals surface area contributed by atoms with Crippen molar-refractivity contribution < 1.29 is 14.5 Å². The Balaban J connectivity index is 2.00. The maximum Gasteiger partial charge on any atom is 0.270 e. The second kappa shape index (κ2) is 8.39. The number of amides is 1. The molecule has 0 aliphatic carbocycles. The van der Waals surface area contributed by atoms with Crippen molar-refractivity contribution in [2.24, 2.45) is 0 Å². The molecule has 148 valence electrons. The van der Waals surface area contributed by atoms with Crippen molar-refractivity contribution in [3.05, 3.63) is 86.8 Å². The molecular formula is C21H19N3O5. The number of anilines is 1. The van der Waals surface area contributed by atoms with Crippen molar-refractivity contribution in [2.75, 3.05) is 12.4 Å². The molecule has 0 atom stereocenters. The first kappa shape index (κ1) is 19.8. The van der Waals surface area contributed by atoms with Gasteiger partial charge in [-0.05, 0) is 29.3 Å². The van der Waals surface area contributed by atoms with Gasteiger partial charge in [-0.25, -0.2) is 0 Å². The summed E-state index contributed by atoms with van der Waals surface area (Å²) in [6.45, 7) is 1.66. The van der Waals surface area contributed by atoms with Crippen molar-refractivity contribution in [1.82, 2.24) is 4.57 Å². The lowest BCUT2D eigenvalue weighted by Gasteiger charge is -2.13. The smallest absolute Gasteiger partial charge is 0.270 e. The number of ether oxygens (including phenoxy) is 1. The zero-order valence-electron chi connectivity index (χ0n) is 15.9. The second-order valence-corrected chi connectivity index (χ2v) is 6.41. The number of aromatic nitrogens is 1. The van der Waals surface area contributed by atoms with E-state index in [1.165, 1.54) is 36.8 Å². The molecule has 0 spiro atoms. The number of carbonyl (C=O) groups excluding carboxylic acids is 1. The first-order valence-electron chi connectivity index (χ1n) is 8.77. The maximum atomic E-state index is 12.2. The first-order chi connectivity index (χ1) is 13.9. The van der Waals surface area contributed by atoms with Crippen LogP contribution in [-0.4, -0.2) is 22.5 Å². The summed E-state index contributed by atoms with van der Waals surface area (Å²) in [7, 11) is 1.53. The number of hydrogen-bond acceptors (Lipinski definition) is 5. The lowest BCUT2D eigenvalue weighted by atomic mass is 10.0. The molecule has 8 nitrogen and oxygen atoms in total. The summed E-state index contributed by atoms with van der Waals surface area (Å²) in [4.78, 5) is 34.1. The molecule has 0 bridgehead atoms. The number of nitrogens with one attached hydrogen (secondary N) is 1. The molecule has 3 rings (SSSR count). The quantitative estimate of drug-likeness (QED) is 0.510. The Labute approximate surface area is 166 Å². The lowest BCUT2D eigenvalue weighted by Crippen LogP contribution is -2.20. The van der Waals surface area contributed by atoms with Gasteiger partial charge in [0.25, 0.3) is 11.2 Å². The van der Waals surface area contributed by atoms with E-state index in [1.54, 1.807) is 30.5 Å². The summed E-state index contributed by atoms with van der Waals surface area (Å²) in [5, 5.41) is 13.7. The third-order valence-electron chi connectivity index (χ3n) is 4.29. The van der Waals surface area contributed by atoms with Gasteiger partial charge in [0.1, 0.15) is 5.75 Å². The molecule has 0 aliphatic rings. The van der Waals surface area contributed by atoms with E-state index in [4.69, 9.17) is 4.74 Å². The van der Waals surface area contributed by atoms with Crippen LogP contribution in [0.3, 0.4) is 0 Å². The predicted octanol–water partition coefficient (Wildman–Crippen LogP) is 3.44. The molecule has 1 aromatic heterocycles. The van der Waals surface area contributed by atoms with E-state index < -0.39 is 4.92 Å². The molecule has 29 heavy (non-hydrogen) atoms. The summed E-state index contributed by atoms with van der Waals surface area (Å²) in [5.41, 5.74) is 2.40. The summed E-state index contributed by atoms with van der Waals surface area (Å²) in [6, 6.07) is 14.6. The van der Waals surface area contributed by atoms with Gasteiger partial charge in [0.05, 0.1) is 24.3 Å². The minimum Gasteiger partial charge on any atom is -0.496 e. The minimum atomic E-state index is -0.451. The highest BCUT2D eigenvalue weighted by Crippen LogP contribution is 2.33. The average molecular weight is 393 g/mol. The number of nitro groups is 1. The normalized spacial score (nSPS) is 10.4. The molecule has 0 saturated heterocycles. The largest absolute Gasteiger partial charge is 0.496 e. The number of carbonyl (C=O) groups is 1. The van der Waals surface area contributed by atoms with Gasteiger partial charge < -0.3 is 14.6 Å². The Bertz CT molecular complexity index is 1140. The van der Waals surface area contributed by atoms with Crippen LogP contribution < -0.4 is 15.6 Å². The molecule has 0 aliphatic heterocycles. The molecule has 0 radical (unpaired) electrons. The summed E-state index contributed by atoms with van der Waals surface area (Å²) < 4.78 is 6.88. The zero-order valence-corrected chi connectivity index (χ0v) is 15.9. The van der Waals surface area contributed by atoms with Gasteiger partial charge in [0, 0.05) is 36.9 Å². The van der Waals surface area contributed by atoms with Gasteiger partial charge in [0.15, 0.2) is 0 Å². The number of rotatable bonds is 6. The molecule has 1 N–H and O–H groups in total. The van der Waals surface area contributed by atoms with Crippen LogP contribution in [0, 0.1) is 10.1 Å². The molecule has 2 aromatic carbocycles. The summed E-state index contributed by atoms with van der Waals surface area (Å²) in [6.07, 6.45) is 1.57. The van der Waals surface area contributed by atoms with Crippen LogP contribution in [0.2, 0.25) is 0 Å². The van der Waals surface area contributed by atoms with Crippen LogP contribution >= 0.6 is 0 Å². The van der Waals surface area contributed by atoms with Crippen LogP contribution in [0.25, 0.3) is 11.1 Å². The minimum absolute atomic E-state index is 0.0193. The number of pyridine rings is 1. The third-order valence-corrected chi connectivity index (χ3v) is 4.29. The van der Waals surface area contributed by atoms with E-state index in [9.17, 15) is 19.7 Å². The van der Waals surface area contributed by atoms with Gasteiger partial charge in [-0.1, -0.05) is 18.2 Å². The van der Waals surface area contributed by atoms with E-state index in [1.807, 2.05) is 12.1 Å². The van der Waals surface area contributed by atoms with E-state index in [2.05, 4.69) is 5.32 Å². The topological polar surface area (TPSA) is 103 Å². The average Bonchev–Trinajstić information content (AvgIpc) is 2.70. The Kier molecular flexibility index (Phi) is 5.73. The van der Waals surface area contributed by atoms with Crippen LogP contribution in [0.5, 0.6) is 5.75 Å². The fourth-order valence-electron chi connectivity index (χ4n) is 2.99. The molecular weight excluding hydrogens is 374 g/mol. The number of hydrogen-bond donors (Lipinski definition) is 1. The number of non-ortho nitro benzene ring substituents is 1. The van der Waals surface area contributed by atoms with Crippen LogP contribution in [0.4, 0.5) is 11.4 Å². The fourth-order valence-corrected chi connectivity index (χ4v) is 2.99. The highest BCUT2D eigenvalue weighted by Gasteiger charge is 2.12. The second-order valence-electron chi connectivity index (χ2n) is 6.41. The van der Waals surface area contributed by atoms with Gasteiger partial charge in [-0.15, -0.1) is 0 Å². The molecule has 0 saturated carbocycles. The van der Waals surface area contributed by atoms with Gasteiger partial charge in [-0.2, -0.15) is 0 Å². The standard InChI is InChI=1S/C21H19N3O5/c1-14(25)22-17-7-9-21(26)23(13-17)12-15-6-8-20(29-2)19(10-15)16-4-3-5-18(11-16)24(27)28/h3-11,13H,12H2,1-2H3,(H,22,25). The van der Waals surface area contributed by atoms with Crippen molar-refractivity contribution >= 4 is 17.3 Å². The van der Waals surface area contributed by atoms with Crippen LogP contribution in [-0.2, 0) is 11.3 Å². The third kappa shape index (κ3) is 4.67. The van der Waals surface area contributed by atoms with E-state index in [0.717, 1.165) is 5.56 Å². The maximum absolute atomic E-state index is 12.2. The highest BCUT2D eigenvalue weighted by atomic mass is 16.6. The summed E-state index contributed by atoms with van der Waals surface area (Å²) >= 11 is 0. The Morgan fingerprint density at radius 1 is 1.17 bits per heavy atom. The monoisotopic (exact) mass is 393 g/mol. The van der Waals surface area contributed by atoms with Crippen molar-refractivity contribution in [3.63, 3.8) is 0 Å². The number of benzene rings is 2. The fraction of sp³-hybridized carbons (Fsp3) is 0.143. The van der Waals surface area contributed by atoms with Gasteiger partial charge in [-0.3, -0.25) is 19.7 Å². The lowest BCUT2D eigenvalue weighted by molar-refractivity contribution is -0.384. The Morgan fingerprint density at radius 2 is 1.97 bits per heavy atom. The van der Waals surface area contributed by atoms with Crippen molar-refractivity contribution in [2.45, 2.75) is 13.5 Å². The molecule has 1 amide bonds. The van der Waals surface area contributed by atoms with E-state index in [0.29, 0.717) is 22.6 Å².